The molecule has 1 aliphatic rings. The van der Waals surface area contributed by atoms with E-state index < -0.39 is 0 Å². The fourth-order valence-corrected chi connectivity index (χ4v) is 5.26. The number of aromatic nitrogens is 1. The Bertz CT molecular complexity index is 1390. The number of hydrogen-bond acceptors (Lipinski definition) is 6. The van der Waals surface area contributed by atoms with Crippen LogP contribution in [0, 0.1) is 6.92 Å². The minimum atomic E-state index is -0.287. The van der Waals surface area contributed by atoms with Crippen LogP contribution in [-0.2, 0) is 11.8 Å². The van der Waals surface area contributed by atoms with Crippen LogP contribution in [-0.4, -0.2) is 93.3 Å². The summed E-state index contributed by atoms with van der Waals surface area (Å²) in [5.41, 5.74) is 6.00. The maximum Gasteiger partial charge on any atom is 0.269 e. The Hall–Kier alpha value is -3.82. The summed E-state index contributed by atoms with van der Waals surface area (Å²) in [4.78, 5) is 32.6. The van der Waals surface area contributed by atoms with Crippen molar-refractivity contribution in [1.82, 2.24) is 19.7 Å². The van der Waals surface area contributed by atoms with Crippen molar-refractivity contribution >= 4 is 17.5 Å². The Morgan fingerprint density at radius 1 is 0.977 bits per heavy atom. The molecule has 1 saturated heterocycles. The summed E-state index contributed by atoms with van der Waals surface area (Å²) in [7, 11) is 6.98. The SMILES string of the molecule is CC.CCN1CCN(c2ccc(C)c(C(=O)NC(C)c3cc(OCCOC)cc(-c4cc(C(=O)N(C)C)n(C)c4)c3)c2)CC1. The fraction of sp³-hybridized carbons (Fsp3) is 0.486. The Balaban J connectivity index is 0.00000259. The van der Waals surface area contributed by atoms with E-state index in [1.54, 1.807) is 26.1 Å². The second kappa shape index (κ2) is 16.3. The highest BCUT2D eigenvalue weighted by Gasteiger charge is 2.21. The summed E-state index contributed by atoms with van der Waals surface area (Å²) in [6, 6.07) is 13.7. The van der Waals surface area contributed by atoms with Gasteiger partial charge in [-0.05, 0) is 73.5 Å². The smallest absolute Gasteiger partial charge is 0.269 e. The van der Waals surface area contributed by atoms with Crippen molar-refractivity contribution in [1.29, 1.82) is 0 Å². The molecule has 1 atom stereocenters. The van der Waals surface area contributed by atoms with Gasteiger partial charge in [0.2, 0.25) is 0 Å². The predicted molar refractivity (Wildman–Crippen MR) is 179 cm³/mol. The molecule has 1 N–H and O–H groups in total. The summed E-state index contributed by atoms with van der Waals surface area (Å²) < 4.78 is 13.0. The van der Waals surface area contributed by atoms with Gasteiger partial charge in [-0.2, -0.15) is 0 Å². The first-order valence-corrected chi connectivity index (χ1v) is 15.6. The molecule has 0 radical (unpaired) electrons. The summed E-state index contributed by atoms with van der Waals surface area (Å²) in [5, 5.41) is 3.21. The number of amides is 2. The van der Waals surface area contributed by atoms with Gasteiger partial charge in [0.25, 0.3) is 11.8 Å². The summed E-state index contributed by atoms with van der Waals surface area (Å²) >= 11 is 0. The number of carbonyl (C=O) groups excluding carboxylic acids is 2. The van der Waals surface area contributed by atoms with Gasteiger partial charge in [-0.1, -0.05) is 26.8 Å². The first-order chi connectivity index (χ1) is 21.1. The molecule has 9 heteroatoms. The molecule has 1 unspecified atom stereocenters. The number of ether oxygens (including phenoxy) is 2. The number of methoxy groups -OCH3 is 1. The van der Waals surface area contributed by atoms with Crippen LogP contribution in [0.1, 0.15) is 65.7 Å². The molecule has 3 aromatic rings. The second-order valence-corrected chi connectivity index (χ2v) is 11.2. The standard InChI is InChI=1S/C33H45N5O4.C2H6/c1-8-37-11-13-38(14-12-37)28-10-9-23(2)30(21-28)32(39)34-24(3)25-17-26(19-29(18-25)42-16-15-41-7)27-20-31(36(6)22-27)33(40)35(4)5;1-2/h9-10,17-22,24H,8,11-16H2,1-7H3,(H,34,39);1-2H3. The summed E-state index contributed by atoms with van der Waals surface area (Å²) in [5.74, 6) is 0.496. The van der Waals surface area contributed by atoms with Crippen molar-refractivity contribution < 1.29 is 19.1 Å². The van der Waals surface area contributed by atoms with Crippen LogP contribution in [0.4, 0.5) is 5.69 Å². The van der Waals surface area contributed by atoms with Gasteiger partial charge in [-0.25, -0.2) is 0 Å². The lowest BCUT2D eigenvalue weighted by atomic mass is 10.00. The highest BCUT2D eigenvalue weighted by molar-refractivity contribution is 5.97. The number of carbonyl (C=O) groups is 2. The second-order valence-electron chi connectivity index (χ2n) is 11.2. The van der Waals surface area contributed by atoms with E-state index in [9.17, 15) is 9.59 Å². The third-order valence-electron chi connectivity index (χ3n) is 7.95. The first-order valence-electron chi connectivity index (χ1n) is 15.6. The summed E-state index contributed by atoms with van der Waals surface area (Å²) in [6.45, 7) is 16.0. The normalized spacial score (nSPS) is 14.0. The number of rotatable bonds is 11. The van der Waals surface area contributed by atoms with Crippen LogP contribution in [0.25, 0.3) is 11.1 Å². The molecular formula is C35H51N5O4. The molecule has 2 amide bonds. The van der Waals surface area contributed by atoms with Gasteiger partial charge < -0.3 is 34.1 Å². The highest BCUT2D eigenvalue weighted by atomic mass is 16.5. The summed E-state index contributed by atoms with van der Waals surface area (Å²) in [6.07, 6.45) is 1.94. The monoisotopic (exact) mass is 605 g/mol. The zero-order chi connectivity index (χ0) is 32.4. The van der Waals surface area contributed by atoms with E-state index in [1.807, 2.05) is 81.9 Å². The quantitative estimate of drug-likeness (QED) is 0.296. The van der Waals surface area contributed by atoms with E-state index in [4.69, 9.17) is 9.47 Å². The molecule has 240 valence electrons. The maximum atomic E-state index is 13.6. The molecule has 44 heavy (non-hydrogen) atoms. The Labute approximate surface area is 263 Å². The Kier molecular flexibility index (Phi) is 12.8. The third-order valence-corrected chi connectivity index (χ3v) is 7.95. The van der Waals surface area contributed by atoms with Crippen molar-refractivity contribution in [2.24, 2.45) is 7.05 Å². The van der Waals surface area contributed by atoms with Crippen LogP contribution < -0.4 is 15.0 Å². The maximum absolute atomic E-state index is 13.6. The Morgan fingerprint density at radius 2 is 1.68 bits per heavy atom. The lowest BCUT2D eigenvalue weighted by Gasteiger charge is -2.35. The van der Waals surface area contributed by atoms with Gasteiger partial charge >= 0.3 is 0 Å². The molecule has 1 aromatic heterocycles. The van der Waals surface area contributed by atoms with E-state index in [-0.39, 0.29) is 17.9 Å². The molecule has 0 saturated carbocycles. The highest BCUT2D eigenvalue weighted by Crippen LogP contribution is 2.31. The number of benzene rings is 2. The minimum Gasteiger partial charge on any atom is -0.491 e. The van der Waals surface area contributed by atoms with Crippen LogP contribution in [0.5, 0.6) is 5.75 Å². The lowest BCUT2D eigenvalue weighted by Crippen LogP contribution is -2.46. The Morgan fingerprint density at radius 3 is 2.32 bits per heavy atom. The van der Waals surface area contributed by atoms with Crippen LogP contribution >= 0.6 is 0 Å². The van der Waals surface area contributed by atoms with E-state index in [1.165, 1.54) is 0 Å². The molecule has 2 aromatic carbocycles. The first kappa shape index (κ1) is 34.7. The number of nitrogens with zero attached hydrogens (tertiary/aromatic N) is 4. The zero-order valence-corrected chi connectivity index (χ0v) is 28.1. The number of likely N-dealkylation sites (N-methyl/N-ethyl adjacent to an activating group) is 1. The van der Waals surface area contributed by atoms with Gasteiger partial charge in [0.15, 0.2) is 0 Å². The van der Waals surface area contributed by atoms with E-state index in [2.05, 4.69) is 28.1 Å². The largest absolute Gasteiger partial charge is 0.491 e. The van der Waals surface area contributed by atoms with Crippen molar-refractivity contribution in [3.05, 3.63) is 71.0 Å². The fourth-order valence-electron chi connectivity index (χ4n) is 5.26. The van der Waals surface area contributed by atoms with E-state index in [0.717, 1.165) is 60.7 Å². The molecule has 4 rings (SSSR count). The van der Waals surface area contributed by atoms with Crippen LogP contribution in [0.2, 0.25) is 0 Å². The number of piperazine rings is 1. The van der Waals surface area contributed by atoms with Gasteiger partial charge in [0.05, 0.1) is 12.6 Å². The molecule has 0 spiro atoms. The number of nitrogens with one attached hydrogen (secondary N) is 1. The predicted octanol–water partition coefficient (Wildman–Crippen LogP) is 5.39. The van der Waals surface area contributed by atoms with Crippen LogP contribution in [0.15, 0.2) is 48.7 Å². The molecule has 1 fully saturated rings. The van der Waals surface area contributed by atoms with Gasteiger partial charge in [0, 0.05) is 77.4 Å². The molecule has 2 heterocycles. The van der Waals surface area contributed by atoms with Gasteiger partial charge in [0.1, 0.15) is 18.1 Å². The molecule has 0 aliphatic carbocycles. The van der Waals surface area contributed by atoms with E-state index >= 15 is 0 Å². The number of hydrogen-bond donors (Lipinski definition) is 1. The van der Waals surface area contributed by atoms with Crippen molar-refractivity contribution in [3.8, 4) is 16.9 Å². The van der Waals surface area contributed by atoms with Gasteiger partial charge in [-0.3, -0.25) is 9.59 Å². The number of aryl methyl sites for hydroxylation is 2. The average Bonchev–Trinajstić information content (AvgIpc) is 3.43. The number of anilines is 1. The zero-order valence-electron chi connectivity index (χ0n) is 28.1. The third kappa shape index (κ3) is 8.64. The molecular weight excluding hydrogens is 554 g/mol. The van der Waals surface area contributed by atoms with Crippen LogP contribution in [0.3, 0.4) is 0 Å². The van der Waals surface area contributed by atoms with E-state index in [0.29, 0.717) is 30.2 Å². The minimum absolute atomic E-state index is 0.0676. The topological polar surface area (TPSA) is 79.3 Å². The molecule has 1 aliphatic heterocycles. The lowest BCUT2D eigenvalue weighted by molar-refractivity contribution is 0.0818. The van der Waals surface area contributed by atoms with Crippen molar-refractivity contribution in [3.63, 3.8) is 0 Å². The molecule has 9 nitrogen and oxygen atoms in total. The van der Waals surface area contributed by atoms with Gasteiger partial charge in [-0.15, -0.1) is 0 Å². The van der Waals surface area contributed by atoms with Crippen molar-refractivity contribution in [2.75, 3.05) is 72.0 Å². The molecule has 0 bridgehead atoms. The average molecular weight is 606 g/mol. The van der Waals surface area contributed by atoms with Crippen molar-refractivity contribution in [2.45, 2.75) is 40.7 Å².